The summed E-state index contributed by atoms with van der Waals surface area (Å²) in [6, 6.07) is 14.5. The van der Waals surface area contributed by atoms with Crippen molar-refractivity contribution >= 4 is 5.91 Å². The number of amides is 1. The van der Waals surface area contributed by atoms with Crippen LogP contribution in [-0.2, 0) is 17.9 Å². The normalized spacial score (nSPS) is 10.3. The molecular weight excluding hydrogens is 352 g/mol. The fraction of sp³-hybridized carbons (Fsp3) is 0.368. The number of hydrogen-bond acceptors (Lipinski definition) is 1. The van der Waals surface area contributed by atoms with E-state index in [2.05, 4.69) is 49.6 Å². The number of carbonyl (C=O) groups is 1. The molecule has 3 nitrogen and oxygen atoms in total. The fourth-order valence-corrected chi connectivity index (χ4v) is 2.39. The van der Waals surface area contributed by atoms with Crippen molar-refractivity contribution in [2.45, 2.75) is 46.3 Å². The van der Waals surface area contributed by atoms with Crippen molar-refractivity contribution in [1.82, 2.24) is 4.90 Å². The third-order valence-electron chi connectivity index (χ3n) is 3.78. The van der Waals surface area contributed by atoms with Gasteiger partial charge in [0.1, 0.15) is 0 Å². The molecule has 0 saturated carbocycles. The standard InChI is InChI=1S/C19H25N2O.BrH/c1-16(2)21(15-18-7-5-4-6-8-18)19(22)11-14-20-12-9-17(3)10-13-20;/h4-10,12-13,16H,11,14-15H2,1-3H3;1H/q+1;/p-1. The Morgan fingerprint density at radius 3 is 2.26 bits per heavy atom. The van der Waals surface area contributed by atoms with Crippen molar-refractivity contribution in [3.8, 4) is 0 Å². The molecule has 1 aromatic carbocycles. The zero-order valence-corrected chi connectivity index (χ0v) is 15.7. The number of benzene rings is 1. The molecule has 0 atom stereocenters. The van der Waals surface area contributed by atoms with Crippen molar-refractivity contribution in [3.63, 3.8) is 0 Å². The van der Waals surface area contributed by atoms with Gasteiger partial charge in [0.2, 0.25) is 5.91 Å². The SMILES string of the molecule is Cc1cc[n+](CCC(=O)N(Cc2ccccc2)C(C)C)cc1.[Br-]. The summed E-state index contributed by atoms with van der Waals surface area (Å²) >= 11 is 0. The molecule has 1 amide bonds. The molecule has 0 N–H and O–H groups in total. The van der Waals surface area contributed by atoms with Gasteiger partial charge in [0.15, 0.2) is 18.9 Å². The Morgan fingerprint density at radius 2 is 1.70 bits per heavy atom. The molecule has 4 heteroatoms. The van der Waals surface area contributed by atoms with Crippen LogP contribution >= 0.6 is 0 Å². The molecule has 2 aromatic rings. The number of aryl methyl sites for hydroxylation is 2. The van der Waals surface area contributed by atoms with Crippen LogP contribution in [0.15, 0.2) is 54.9 Å². The smallest absolute Gasteiger partial charge is 0.229 e. The van der Waals surface area contributed by atoms with Crippen LogP contribution in [0.25, 0.3) is 0 Å². The first-order valence-corrected chi connectivity index (χ1v) is 7.85. The monoisotopic (exact) mass is 376 g/mol. The molecular formula is C19H25BrN2O. The topological polar surface area (TPSA) is 24.2 Å². The van der Waals surface area contributed by atoms with Gasteiger partial charge in [0, 0.05) is 24.7 Å². The summed E-state index contributed by atoms with van der Waals surface area (Å²) in [5.41, 5.74) is 2.41. The Bertz CT molecular complexity index is 597. The number of nitrogens with zero attached hydrogens (tertiary/aromatic N) is 2. The van der Waals surface area contributed by atoms with Crippen LogP contribution in [0.1, 0.15) is 31.4 Å². The van der Waals surface area contributed by atoms with Gasteiger partial charge in [0.25, 0.3) is 0 Å². The summed E-state index contributed by atoms with van der Waals surface area (Å²) in [5, 5.41) is 0. The third kappa shape index (κ3) is 6.14. The van der Waals surface area contributed by atoms with Crippen LogP contribution in [0.3, 0.4) is 0 Å². The number of carbonyl (C=O) groups excluding carboxylic acids is 1. The second-order valence-corrected chi connectivity index (χ2v) is 5.96. The number of rotatable bonds is 6. The lowest BCUT2D eigenvalue weighted by atomic mass is 10.1. The third-order valence-corrected chi connectivity index (χ3v) is 3.78. The molecule has 23 heavy (non-hydrogen) atoms. The highest BCUT2D eigenvalue weighted by Crippen LogP contribution is 2.10. The average molecular weight is 377 g/mol. The van der Waals surface area contributed by atoms with Crippen LogP contribution in [0.2, 0.25) is 0 Å². The molecule has 0 bridgehead atoms. The van der Waals surface area contributed by atoms with E-state index in [1.165, 1.54) is 11.1 Å². The summed E-state index contributed by atoms with van der Waals surface area (Å²) in [5.74, 6) is 0.201. The lowest BCUT2D eigenvalue weighted by Crippen LogP contribution is -3.00. The van der Waals surface area contributed by atoms with Gasteiger partial charge < -0.3 is 21.9 Å². The molecule has 0 aliphatic rings. The Labute approximate surface area is 149 Å². The second-order valence-electron chi connectivity index (χ2n) is 5.96. The first-order chi connectivity index (χ1) is 10.6. The van der Waals surface area contributed by atoms with Crippen LogP contribution in [0, 0.1) is 6.92 Å². The highest BCUT2D eigenvalue weighted by molar-refractivity contribution is 5.76. The predicted octanol–water partition coefficient (Wildman–Crippen LogP) is 0.114. The van der Waals surface area contributed by atoms with Crippen molar-refractivity contribution in [2.75, 3.05) is 0 Å². The van der Waals surface area contributed by atoms with Gasteiger partial charge in [-0.3, -0.25) is 4.79 Å². The summed E-state index contributed by atoms with van der Waals surface area (Å²) in [7, 11) is 0. The molecule has 2 rings (SSSR count). The van der Waals surface area contributed by atoms with Crippen LogP contribution < -0.4 is 21.5 Å². The first-order valence-electron chi connectivity index (χ1n) is 7.85. The quantitative estimate of drug-likeness (QED) is 0.656. The highest BCUT2D eigenvalue weighted by Gasteiger charge is 2.18. The molecule has 0 unspecified atom stereocenters. The Balaban J connectivity index is 0.00000264. The van der Waals surface area contributed by atoms with Gasteiger partial charge >= 0.3 is 0 Å². The van der Waals surface area contributed by atoms with Gasteiger partial charge in [-0.15, -0.1) is 0 Å². The van der Waals surface area contributed by atoms with Crippen molar-refractivity contribution in [3.05, 3.63) is 66.0 Å². The lowest BCUT2D eigenvalue weighted by molar-refractivity contribution is -0.696. The Morgan fingerprint density at radius 1 is 1.09 bits per heavy atom. The first kappa shape index (κ1) is 19.4. The van der Waals surface area contributed by atoms with E-state index < -0.39 is 0 Å². The molecule has 0 fully saturated rings. The number of halogens is 1. The molecule has 0 aliphatic carbocycles. The summed E-state index contributed by atoms with van der Waals surface area (Å²) < 4.78 is 2.06. The zero-order valence-electron chi connectivity index (χ0n) is 14.1. The van der Waals surface area contributed by atoms with Crippen molar-refractivity contribution < 1.29 is 26.3 Å². The van der Waals surface area contributed by atoms with Gasteiger partial charge in [-0.2, -0.15) is 0 Å². The maximum Gasteiger partial charge on any atom is 0.229 e. The van der Waals surface area contributed by atoms with Crippen LogP contribution in [0.5, 0.6) is 0 Å². The lowest BCUT2D eigenvalue weighted by Gasteiger charge is -2.26. The molecule has 1 aromatic heterocycles. The van der Waals surface area contributed by atoms with Crippen molar-refractivity contribution in [2.24, 2.45) is 0 Å². The van der Waals surface area contributed by atoms with Gasteiger partial charge in [0.05, 0.1) is 6.42 Å². The van der Waals surface area contributed by atoms with Gasteiger partial charge in [-0.1, -0.05) is 30.3 Å². The van der Waals surface area contributed by atoms with E-state index in [-0.39, 0.29) is 28.9 Å². The maximum atomic E-state index is 12.5. The minimum Gasteiger partial charge on any atom is -1.00 e. The van der Waals surface area contributed by atoms with Gasteiger partial charge in [-0.05, 0) is 31.9 Å². The Hall–Kier alpha value is -1.68. The molecule has 0 radical (unpaired) electrons. The average Bonchev–Trinajstić information content (AvgIpc) is 2.52. The van der Waals surface area contributed by atoms with E-state index >= 15 is 0 Å². The molecule has 124 valence electrons. The molecule has 0 saturated heterocycles. The van der Waals surface area contributed by atoms with E-state index in [0.29, 0.717) is 13.0 Å². The molecule has 0 spiro atoms. The summed E-state index contributed by atoms with van der Waals surface area (Å²) in [6.07, 6.45) is 4.58. The Kier molecular flexibility index (Phi) is 7.96. The van der Waals surface area contributed by atoms with E-state index in [4.69, 9.17) is 0 Å². The fourth-order valence-electron chi connectivity index (χ4n) is 2.39. The van der Waals surface area contributed by atoms with E-state index in [1.807, 2.05) is 35.5 Å². The molecule has 0 aliphatic heterocycles. The van der Waals surface area contributed by atoms with Crippen LogP contribution in [-0.4, -0.2) is 16.8 Å². The number of aromatic nitrogens is 1. The number of hydrogen-bond donors (Lipinski definition) is 0. The minimum atomic E-state index is 0. The van der Waals surface area contributed by atoms with E-state index in [1.54, 1.807) is 0 Å². The van der Waals surface area contributed by atoms with Gasteiger partial charge in [-0.25, -0.2) is 4.57 Å². The minimum absolute atomic E-state index is 0. The number of pyridine rings is 1. The predicted molar refractivity (Wildman–Crippen MR) is 88.1 cm³/mol. The zero-order chi connectivity index (χ0) is 15.9. The largest absolute Gasteiger partial charge is 1.00 e. The van der Waals surface area contributed by atoms with Crippen molar-refractivity contribution in [1.29, 1.82) is 0 Å². The summed E-state index contributed by atoms with van der Waals surface area (Å²) in [6.45, 7) is 7.60. The molecule has 1 heterocycles. The van der Waals surface area contributed by atoms with E-state index in [9.17, 15) is 4.79 Å². The van der Waals surface area contributed by atoms with Crippen LogP contribution in [0.4, 0.5) is 0 Å². The van der Waals surface area contributed by atoms with E-state index in [0.717, 1.165) is 6.54 Å². The maximum absolute atomic E-state index is 12.5. The highest BCUT2D eigenvalue weighted by atomic mass is 79.9. The second kappa shape index (κ2) is 9.46. The summed E-state index contributed by atoms with van der Waals surface area (Å²) in [4.78, 5) is 14.5.